The number of aromatic nitrogens is 2. The molecule has 6 nitrogen and oxygen atoms in total. The highest BCUT2D eigenvalue weighted by atomic mass is 32.2. The zero-order valence-corrected chi connectivity index (χ0v) is 17.8. The first-order valence-corrected chi connectivity index (χ1v) is 11.0. The number of nitrogens with zero attached hydrogens (tertiary/aromatic N) is 4. The van der Waals surface area contributed by atoms with Crippen molar-refractivity contribution in [2.45, 2.75) is 38.4 Å². The molecule has 1 aromatic heterocycles. The third-order valence-electron chi connectivity index (χ3n) is 4.95. The molecular weight excluding hydrogens is 372 g/mol. The minimum absolute atomic E-state index is 0.272. The average molecular weight is 401 g/mol. The number of hydrogen-bond donors (Lipinski definition) is 0. The molecule has 0 spiro atoms. The predicted molar refractivity (Wildman–Crippen MR) is 113 cm³/mol. The molecular formula is C21H28N4O2S. The summed E-state index contributed by atoms with van der Waals surface area (Å²) in [5, 5.41) is 0. The SMILES string of the molecule is CCN(Cc1ccccc1)Cc1nc2cc(S(=O)(=O)N(C)C)ccc2n1CC. The summed E-state index contributed by atoms with van der Waals surface area (Å²) in [6.07, 6.45) is 0. The smallest absolute Gasteiger partial charge is 0.242 e. The molecule has 0 atom stereocenters. The second-order valence-electron chi connectivity index (χ2n) is 7.00. The van der Waals surface area contributed by atoms with Gasteiger partial charge in [-0.1, -0.05) is 37.3 Å². The van der Waals surface area contributed by atoms with Gasteiger partial charge in [0.15, 0.2) is 0 Å². The molecule has 0 aliphatic heterocycles. The van der Waals surface area contributed by atoms with E-state index in [9.17, 15) is 8.42 Å². The lowest BCUT2D eigenvalue weighted by atomic mass is 10.2. The minimum atomic E-state index is -3.47. The minimum Gasteiger partial charge on any atom is -0.327 e. The topological polar surface area (TPSA) is 58.4 Å². The standard InChI is InChI=1S/C21H28N4O2S/c1-5-24(15-17-10-8-7-9-11-17)16-21-22-19-14-18(28(26,27)23(3)4)12-13-20(19)25(21)6-2/h7-14H,5-6,15-16H2,1-4H3. The summed E-state index contributed by atoms with van der Waals surface area (Å²) < 4.78 is 28.3. The second-order valence-corrected chi connectivity index (χ2v) is 9.15. The molecule has 0 bridgehead atoms. The van der Waals surface area contributed by atoms with E-state index >= 15 is 0 Å². The molecule has 28 heavy (non-hydrogen) atoms. The van der Waals surface area contributed by atoms with Crippen LogP contribution in [-0.4, -0.2) is 47.8 Å². The molecule has 0 aliphatic rings. The first kappa shape index (κ1) is 20.5. The summed E-state index contributed by atoms with van der Waals surface area (Å²) in [6.45, 7) is 7.48. The number of fused-ring (bicyclic) bond motifs is 1. The molecule has 0 unspecified atom stereocenters. The number of sulfonamides is 1. The molecule has 0 N–H and O–H groups in total. The van der Waals surface area contributed by atoms with Crippen LogP contribution in [0.4, 0.5) is 0 Å². The van der Waals surface area contributed by atoms with Crippen molar-refractivity contribution in [3.8, 4) is 0 Å². The van der Waals surface area contributed by atoms with Gasteiger partial charge in [0.2, 0.25) is 10.0 Å². The fourth-order valence-corrected chi connectivity index (χ4v) is 4.25. The molecule has 3 rings (SSSR count). The number of hydrogen-bond acceptors (Lipinski definition) is 4. The molecule has 0 saturated carbocycles. The predicted octanol–water partition coefficient (Wildman–Crippen LogP) is 3.33. The van der Waals surface area contributed by atoms with Crippen LogP contribution in [0.5, 0.6) is 0 Å². The van der Waals surface area contributed by atoms with Crippen LogP contribution in [0.15, 0.2) is 53.4 Å². The van der Waals surface area contributed by atoms with Gasteiger partial charge in [-0.2, -0.15) is 0 Å². The molecule has 1 heterocycles. The molecule has 0 fully saturated rings. The van der Waals surface area contributed by atoms with Gasteiger partial charge in [0, 0.05) is 27.2 Å². The Hall–Kier alpha value is -2.22. The third-order valence-corrected chi connectivity index (χ3v) is 6.77. The molecule has 7 heteroatoms. The van der Waals surface area contributed by atoms with E-state index in [-0.39, 0.29) is 4.90 Å². The maximum absolute atomic E-state index is 12.4. The maximum atomic E-state index is 12.4. The summed E-state index contributed by atoms with van der Waals surface area (Å²) in [5.74, 6) is 0.953. The van der Waals surface area contributed by atoms with E-state index in [1.807, 2.05) is 12.1 Å². The van der Waals surface area contributed by atoms with Crippen LogP contribution in [0.3, 0.4) is 0 Å². The lowest BCUT2D eigenvalue weighted by Crippen LogP contribution is -2.24. The van der Waals surface area contributed by atoms with Crippen LogP contribution in [0.1, 0.15) is 25.2 Å². The number of benzene rings is 2. The molecule has 2 aromatic carbocycles. The Morgan fingerprint density at radius 1 is 1.00 bits per heavy atom. The van der Waals surface area contributed by atoms with Crippen LogP contribution < -0.4 is 0 Å². The first-order chi connectivity index (χ1) is 13.4. The van der Waals surface area contributed by atoms with E-state index in [0.29, 0.717) is 6.54 Å². The summed E-state index contributed by atoms with van der Waals surface area (Å²) in [7, 11) is -0.393. The van der Waals surface area contributed by atoms with E-state index < -0.39 is 10.0 Å². The van der Waals surface area contributed by atoms with Crippen molar-refractivity contribution in [1.29, 1.82) is 0 Å². The highest BCUT2D eigenvalue weighted by molar-refractivity contribution is 7.89. The maximum Gasteiger partial charge on any atom is 0.242 e. The third kappa shape index (κ3) is 4.11. The van der Waals surface area contributed by atoms with E-state index in [4.69, 9.17) is 4.98 Å². The lowest BCUT2D eigenvalue weighted by Gasteiger charge is -2.20. The Morgan fingerprint density at radius 2 is 1.71 bits per heavy atom. The van der Waals surface area contributed by atoms with Crippen molar-refractivity contribution in [2.75, 3.05) is 20.6 Å². The van der Waals surface area contributed by atoms with Gasteiger partial charge in [0.25, 0.3) is 0 Å². The van der Waals surface area contributed by atoms with Crippen molar-refractivity contribution in [2.24, 2.45) is 0 Å². The first-order valence-electron chi connectivity index (χ1n) is 9.54. The van der Waals surface area contributed by atoms with Crippen molar-refractivity contribution >= 4 is 21.1 Å². The molecule has 0 amide bonds. The molecule has 0 aliphatic carbocycles. The zero-order valence-electron chi connectivity index (χ0n) is 17.0. The van der Waals surface area contributed by atoms with Gasteiger partial charge in [0.05, 0.1) is 22.5 Å². The van der Waals surface area contributed by atoms with Crippen molar-refractivity contribution < 1.29 is 8.42 Å². The molecule has 0 radical (unpaired) electrons. The van der Waals surface area contributed by atoms with Crippen molar-refractivity contribution in [3.63, 3.8) is 0 Å². The van der Waals surface area contributed by atoms with Gasteiger partial charge in [-0.25, -0.2) is 17.7 Å². The Labute approximate surface area is 167 Å². The summed E-state index contributed by atoms with van der Waals surface area (Å²) in [6, 6.07) is 15.6. The van der Waals surface area contributed by atoms with E-state index in [1.54, 1.807) is 12.1 Å². The van der Waals surface area contributed by atoms with Crippen LogP contribution in [0.25, 0.3) is 11.0 Å². The van der Waals surface area contributed by atoms with E-state index in [1.165, 1.54) is 24.0 Å². The zero-order chi connectivity index (χ0) is 20.3. The van der Waals surface area contributed by atoms with Gasteiger partial charge in [0.1, 0.15) is 5.82 Å². The Morgan fingerprint density at radius 3 is 2.32 bits per heavy atom. The number of imidazole rings is 1. The highest BCUT2D eigenvalue weighted by Gasteiger charge is 2.20. The Bertz CT molecular complexity index is 1040. The second kappa shape index (κ2) is 8.43. The Balaban J connectivity index is 1.94. The molecule has 0 saturated heterocycles. The summed E-state index contributed by atoms with van der Waals surface area (Å²) in [5.41, 5.74) is 2.95. The van der Waals surface area contributed by atoms with Crippen LogP contribution in [0.2, 0.25) is 0 Å². The van der Waals surface area contributed by atoms with Gasteiger partial charge in [-0.3, -0.25) is 4.90 Å². The number of rotatable bonds is 8. The summed E-state index contributed by atoms with van der Waals surface area (Å²) in [4.78, 5) is 7.39. The fourth-order valence-electron chi connectivity index (χ4n) is 3.33. The van der Waals surface area contributed by atoms with E-state index in [2.05, 4.69) is 47.6 Å². The Kier molecular flexibility index (Phi) is 6.17. The van der Waals surface area contributed by atoms with Gasteiger partial charge >= 0.3 is 0 Å². The monoisotopic (exact) mass is 400 g/mol. The largest absolute Gasteiger partial charge is 0.327 e. The van der Waals surface area contributed by atoms with Crippen LogP contribution in [0, 0.1) is 0 Å². The lowest BCUT2D eigenvalue weighted by molar-refractivity contribution is 0.261. The fraction of sp³-hybridized carbons (Fsp3) is 0.381. The summed E-state index contributed by atoms with van der Waals surface area (Å²) >= 11 is 0. The molecule has 150 valence electrons. The number of aryl methyl sites for hydroxylation is 1. The van der Waals surface area contributed by atoms with E-state index in [0.717, 1.165) is 36.5 Å². The van der Waals surface area contributed by atoms with Crippen molar-refractivity contribution in [3.05, 3.63) is 59.9 Å². The average Bonchev–Trinajstić information content (AvgIpc) is 3.04. The van der Waals surface area contributed by atoms with Crippen molar-refractivity contribution in [1.82, 2.24) is 18.8 Å². The van der Waals surface area contributed by atoms with Crippen LogP contribution >= 0.6 is 0 Å². The highest BCUT2D eigenvalue weighted by Crippen LogP contribution is 2.23. The molecule has 3 aromatic rings. The normalized spacial score (nSPS) is 12.4. The van der Waals surface area contributed by atoms with Crippen LogP contribution in [-0.2, 0) is 29.7 Å². The van der Waals surface area contributed by atoms with Gasteiger partial charge in [-0.05, 0) is 37.2 Å². The van der Waals surface area contributed by atoms with Gasteiger partial charge in [-0.15, -0.1) is 0 Å². The van der Waals surface area contributed by atoms with Gasteiger partial charge < -0.3 is 4.57 Å². The quantitative estimate of drug-likeness (QED) is 0.582.